The predicted molar refractivity (Wildman–Crippen MR) is 92.7 cm³/mol. The lowest BCUT2D eigenvalue weighted by Crippen LogP contribution is -2.43. The van der Waals surface area contributed by atoms with Gasteiger partial charge in [-0.2, -0.15) is 9.67 Å². The average molecular weight is 347 g/mol. The van der Waals surface area contributed by atoms with Crippen LogP contribution >= 0.6 is 0 Å². The van der Waals surface area contributed by atoms with Crippen molar-refractivity contribution in [2.75, 3.05) is 12.1 Å². The molecule has 0 saturated heterocycles. The second-order valence-corrected chi connectivity index (χ2v) is 6.95. The first-order valence-electron chi connectivity index (χ1n) is 7.70. The van der Waals surface area contributed by atoms with Crippen LogP contribution in [-0.2, 0) is 10.1 Å². The van der Waals surface area contributed by atoms with Crippen LogP contribution in [0.25, 0.3) is 0 Å². The number of para-hydroxylation sites is 1. The van der Waals surface area contributed by atoms with Crippen molar-refractivity contribution in [2.45, 2.75) is 25.1 Å². The van der Waals surface area contributed by atoms with Gasteiger partial charge in [-0.3, -0.25) is 5.01 Å². The summed E-state index contributed by atoms with van der Waals surface area (Å²) in [4.78, 5) is 0. The van der Waals surface area contributed by atoms with E-state index >= 15 is 0 Å². The number of aromatic nitrogens is 1. The Bertz CT molecular complexity index is 774. The Morgan fingerprint density at radius 3 is 2.38 bits per heavy atom. The van der Waals surface area contributed by atoms with Crippen molar-refractivity contribution in [3.63, 3.8) is 0 Å². The number of pyridine rings is 1. The van der Waals surface area contributed by atoms with Crippen molar-refractivity contribution in [3.8, 4) is 0 Å². The fourth-order valence-corrected chi connectivity index (χ4v) is 3.24. The van der Waals surface area contributed by atoms with Gasteiger partial charge in [0, 0.05) is 31.2 Å². The van der Waals surface area contributed by atoms with Crippen LogP contribution in [0.15, 0.2) is 60.0 Å². The number of hydrogen-bond donors (Lipinski definition) is 0. The quantitative estimate of drug-likeness (QED) is 0.333. The van der Waals surface area contributed by atoms with Crippen molar-refractivity contribution >= 4 is 22.0 Å². The van der Waals surface area contributed by atoms with E-state index in [-0.39, 0.29) is 0 Å². The SMILES string of the molecule is CCCC([n+]1ccc(C=NN(C)c2ccccc2)cc1)S(=O)(=O)[O-]. The first-order chi connectivity index (χ1) is 11.4. The van der Waals surface area contributed by atoms with Crippen LogP contribution in [0.2, 0.25) is 0 Å². The van der Waals surface area contributed by atoms with Gasteiger partial charge >= 0.3 is 0 Å². The minimum absolute atomic E-state index is 0.292. The molecule has 128 valence electrons. The predicted octanol–water partition coefficient (Wildman–Crippen LogP) is 2.29. The zero-order valence-corrected chi connectivity index (χ0v) is 14.6. The third-order valence-corrected chi connectivity index (χ3v) is 4.74. The summed E-state index contributed by atoms with van der Waals surface area (Å²) in [5, 5.41) is 5.01. The number of nitrogens with zero attached hydrogens (tertiary/aromatic N) is 3. The first kappa shape index (κ1) is 18.1. The molecule has 6 nitrogen and oxygen atoms in total. The summed E-state index contributed by atoms with van der Waals surface area (Å²) in [7, 11) is -2.54. The minimum Gasteiger partial charge on any atom is -0.743 e. The van der Waals surface area contributed by atoms with E-state index in [1.165, 1.54) is 4.57 Å². The molecule has 7 heteroatoms. The molecule has 0 spiro atoms. The topological polar surface area (TPSA) is 76.7 Å². The maximum absolute atomic E-state index is 11.4. The summed E-state index contributed by atoms with van der Waals surface area (Å²) >= 11 is 0. The van der Waals surface area contributed by atoms with Gasteiger partial charge in [-0.1, -0.05) is 25.1 Å². The van der Waals surface area contributed by atoms with Crippen LogP contribution in [-0.4, -0.2) is 26.2 Å². The van der Waals surface area contributed by atoms with Crippen LogP contribution in [0.1, 0.15) is 30.7 Å². The lowest BCUT2D eigenvalue weighted by Gasteiger charge is -2.15. The Hall–Kier alpha value is -2.25. The second-order valence-electron chi connectivity index (χ2n) is 5.42. The van der Waals surface area contributed by atoms with E-state index in [0.29, 0.717) is 12.8 Å². The van der Waals surface area contributed by atoms with Crippen LogP contribution in [0, 0.1) is 0 Å². The fraction of sp³-hybridized carbons (Fsp3) is 0.294. The highest BCUT2D eigenvalue weighted by Gasteiger charge is 2.24. The molecule has 0 N–H and O–H groups in total. The van der Waals surface area contributed by atoms with Crippen molar-refractivity contribution < 1.29 is 17.5 Å². The highest BCUT2D eigenvalue weighted by molar-refractivity contribution is 7.85. The molecule has 24 heavy (non-hydrogen) atoms. The molecule has 1 aromatic carbocycles. The molecular weight excluding hydrogens is 326 g/mol. The molecule has 1 unspecified atom stereocenters. The summed E-state index contributed by atoms with van der Waals surface area (Å²) in [6.45, 7) is 1.85. The molecule has 0 fully saturated rings. The summed E-state index contributed by atoms with van der Waals surface area (Å²) in [5.41, 5.74) is 1.77. The lowest BCUT2D eigenvalue weighted by atomic mass is 10.3. The van der Waals surface area contributed by atoms with Crippen molar-refractivity contribution in [3.05, 3.63) is 60.4 Å². The van der Waals surface area contributed by atoms with Crippen LogP contribution in [0.4, 0.5) is 5.69 Å². The molecule has 0 amide bonds. The zero-order valence-electron chi connectivity index (χ0n) is 13.7. The van der Waals surface area contributed by atoms with Gasteiger partial charge in [-0.25, -0.2) is 8.42 Å². The number of benzene rings is 1. The molecule has 0 bridgehead atoms. The van der Waals surface area contributed by atoms with Crippen LogP contribution in [0.5, 0.6) is 0 Å². The monoisotopic (exact) mass is 347 g/mol. The van der Waals surface area contributed by atoms with Crippen LogP contribution in [0.3, 0.4) is 0 Å². The number of hydrazone groups is 1. The maximum atomic E-state index is 11.4. The highest BCUT2D eigenvalue weighted by Crippen LogP contribution is 2.13. The Morgan fingerprint density at radius 2 is 1.83 bits per heavy atom. The minimum atomic E-state index is -4.38. The fourth-order valence-electron chi connectivity index (χ4n) is 2.28. The van der Waals surface area contributed by atoms with Gasteiger partial charge in [0.15, 0.2) is 22.5 Å². The third kappa shape index (κ3) is 4.87. The molecule has 0 aliphatic rings. The molecule has 2 rings (SSSR count). The molecule has 2 aromatic rings. The van der Waals surface area contributed by atoms with Gasteiger partial charge in [-0.15, -0.1) is 0 Å². The summed E-state index contributed by atoms with van der Waals surface area (Å²) in [6, 6.07) is 13.2. The van der Waals surface area contributed by atoms with Gasteiger partial charge < -0.3 is 4.55 Å². The Kier molecular flexibility index (Phi) is 6.05. The standard InChI is InChI=1S/C17H21N3O3S/c1-3-7-17(24(21,22)23)20-12-10-15(11-13-20)14-18-19(2)16-8-5-4-6-9-16/h4-6,8-14,17H,3,7H2,1-2H3. The van der Waals surface area contributed by atoms with E-state index in [4.69, 9.17) is 0 Å². The highest BCUT2D eigenvalue weighted by atomic mass is 32.2. The largest absolute Gasteiger partial charge is 0.743 e. The second kappa shape index (κ2) is 8.03. The molecule has 0 radical (unpaired) electrons. The van der Waals surface area contributed by atoms with Gasteiger partial charge in [0.2, 0.25) is 5.37 Å². The Morgan fingerprint density at radius 1 is 1.21 bits per heavy atom. The number of anilines is 1. The number of hydrogen-bond acceptors (Lipinski definition) is 5. The molecule has 0 aliphatic heterocycles. The molecular formula is C17H21N3O3S. The van der Waals surface area contributed by atoms with E-state index in [1.807, 2.05) is 44.3 Å². The lowest BCUT2D eigenvalue weighted by molar-refractivity contribution is -0.703. The molecule has 1 aromatic heterocycles. The summed E-state index contributed by atoms with van der Waals surface area (Å²) in [6.07, 6.45) is 5.78. The van der Waals surface area contributed by atoms with Crippen molar-refractivity contribution in [2.24, 2.45) is 5.10 Å². The zero-order chi connectivity index (χ0) is 17.6. The maximum Gasteiger partial charge on any atom is 0.245 e. The molecule has 1 atom stereocenters. The van der Waals surface area contributed by atoms with E-state index in [0.717, 1.165) is 11.3 Å². The first-order valence-corrected chi connectivity index (χ1v) is 9.17. The average Bonchev–Trinajstić information content (AvgIpc) is 2.58. The Balaban J connectivity index is 2.13. The van der Waals surface area contributed by atoms with Gasteiger partial charge in [0.1, 0.15) is 0 Å². The molecule has 0 saturated carbocycles. The number of rotatable bonds is 7. The van der Waals surface area contributed by atoms with Crippen LogP contribution < -0.4 is 9.58 Å². The van der Waals surface area contributed by atoms with E-state index < -0.39 is 15.5 Å². The van der Waals surface area contributed by atoms with Gasteiger partial charge in [0.05, 0.1) is 11.9 Å². The third-order valence-electron chi connectivity index (χ3n) is 3.59. The molecule has 1 heterocycles. The summed E-state index contributed by atoms with van der Waals surface area (Å²) in [5.74, 6) is 0. The van der Waals surface area contributed by atoms with Crippen molar-refractivity contribution in [1.82, 2.24) is 0 Å². The summed E-state index contributed by atoms with van der Waals surface area (Å²) < 4.78 is 35.5. The van der Waals surface area contributed by atoms with E-state index in [9.17, 15) is 13.0 Å². The van der Waals surface area contributed by atoms with Gasteiger partial charge in [-0.05, 0) is 18.6 Å². The van der Waals surface area contributed by atoms with E-state index in [2.05, 4.69) is 5.10 Å². The Labute approximate surface area is 142 Å². The normalized spacial score (nSPS) is 13.1. The van der Waals surface area contributed by atoms with Gasteiger partial charge in [0.25, 0.3) is 0 Å². The van der Waals surface area contributed by atoms with E-state index in [1.54, 1.807) is 35.7 Å². The molecule has 0 aliphatic carbocycles. The smallest absolute Gasteiger partial charge is 0.245 e. The van der Waals surface area contributed by atoms with Crippen molar-refractivity contribution in [1.29, 1.82) is 0 Å².